The minimum Gasteiger partial charge on any atom is -0.286 e. The number of hydrogen-bond acceptors (Lipinski definition) is 1. The fourth-order valence-electron chi connectivity index (χ4n) is 0.629. The molecule has 9 heavy (non-hydrogen) atoms. The Labute approximate surface area is 57.5 Å². The van der Waals surface area contributed by atoms with Crippen LogP contribution in [-0.2, 0) is 0 Å². The number of nitrogens with zero attached hydrogens (tertiary/aromatic N) is 1. The van der Waals surface area contributed by atoms with Gasteiger partial charge in [-0.15, -0.1) is 0 Å². The molecule has 0 aromatic rings. The van der Waals surface area contributed by atoms with Gasteiger partial charge in [0.15, 0.2) is 0 Å². The van der Waals surface area contributed by atoms with Crippen molar-refractivity contribution in [1.29, 1.82) is 0 Å². The average Bonchev–Trinajstić information content (AvgIpc) is 2.43. The van der Waals surface area contributed by atoms with Gasteiger partial charge in [0, 0.05) is 6.21 Å². The molecule has 0 aromatic heterocycles. The molecule has 1 heterocycles. The van der Waals surface area contributed by atoms with Crippen molar-refractivity contribution in [2.24, 2.45) is 4.99 Å². The Balaban J connectivity index is 0.000000291. The van der Waals surface area contributed by atoms with Crippen molar-refractivity contribution < 1.29 is 0 Å². The van der Waals surface area contributed by atoms with Gasteiger partial charge in [-0.3, -0.25) is 4.99 Å². The standard InChI is InChI=1S/C6H9N.C2H6/c1-2-6-4-3-5-7-6;1-2/h3-6H,2H2,1H3;1-2H3. The highest BCUT2D eigenvalue weighted by atomic mass is 14.8. The smallest absolute Gasteiger partial charge is 0.0680 e. The molecule has 0 saturated heterocycles. The number of hydrogen-bond donors (Lipinski definition) is 0. The molecule has 0 spiro atoms. The Bertz CT molecular complexity index is 91.1. The summed E-state index contributed by atoms with van der Waals surface area (Å²) in [6.07, 6.45) is 7.09. The van der Waals surface area contributed by atoms with Crippen molar-refractivity contribution in [1.82, 2.24) is 0 Å². The minimum absolute atomic E-state index is 0.486. The van der Waals surface area contributed by atoms with Crippen molar-refractivity contribution in [3.05, 3.63) is 12.2 Å². The van der Waals surface area contributed by atoms with E-state index in [9.17, 15) is 0 Å². The highest BCUT2D eigenvalue weighted by molar-refractivity contribution is 5.74. The Morgan fingerprint density at radius 1 is 1.44 bits per heavy atom. The third-order valence-electron chi connectivity index (χ3n) is 1.12. The normalized spacial score (nSPS) is 21.4. The fraction of sp³-hybridized carbons (Fsp3) is 0.625. The maximum atomic E-state index is 4.12. The molecule has 0 aliphatic carbocycles. The summed E-state index contributed by atoms with van der Waals surface area (Å²) in [6, 6.07) is 0.486. The highest BCUT2D eigenvalue weighted by Crippen LogP contribution is 2.01. The molecule has 0 saturated carbocycles. The first kappa shape index (κ1) is 8.41. The van der Waals surface area contributed by atoms with Crippen LogP contribution in [0.1, 0.15) is 27.2 Å². The van der Waals surface area contributed by atoms with E-state index >= 15 is 0 Å². The molecule has 0 amide bonds. The van der Waals surface area contributed by atoms with Crippen molar-refractivity contribution >= 4 is 6.21 Å². The van der Waals surface area contributed by atoms with Gasteiger partial charge < -0.3 is 0 Å². The number of aliphatic imine (C=N–C) groups is 1. The summed E-state index contributed by atoms with van der Waals surface area (Å²) >= 11 is 0. The molecule has 0 aromatic carbocycles. The van der Waals surface area contributed by atoms with E-state index in [-0.39, 0.29) is 0 Å². The molecule has 1 heteroatoms. The van der Waals surface area contributed by atoms with Crippen LogP contribution in [0.3, 0.4) is 0 Å². The minimum atomic E-state index is 0.486. The molecule has 1 rings (SSSR count). The molecule has 52 valence electrons. The maximum absolute atomic E-state index is 4.12. The predicted octanol–water partition coefficient (Wildman–Crippen LogP) is 2.43. The second kappa shape index (κ2) is 5.54. The molecule has 0 N–H and O–H groups in total. The summed E-state index contributed by atoms with van der Waals surface area (Å²) in [7, 11) is 0. The Kier molecular flexibility index (Phi) is 5.18. The lowest BCUT2D eigenvalue weighted by Crippen LogP contribution is -1.90. The second-order valence-electron chi connectivity index (χ2n) is 1.66. The Morgan fingerprint density at radius 2 is 2.11 bits per heavy atom. The summed E-state index contributed by atoms with van der Waals surface area (Å²) in [6.45, 7) is 6.14. The molecule has 1 unspecified atom stereocenters. The first-order valence-electron chi connectivity index (χ1n) is 3.63. The maximum Gasteiger partial charge on any atom is 0.0680 e. The van der Waals surface area contributed by atoms with E-state index in [4.69, 9.17) is 0 Å². The lowest BCUT2D eigenvalue weighted by Gasteiger charge is -1.93. The summed E-state index contributed by atoms with van der Waals surface area (Å²) in [5, 5.41) is 0. The predicted molar refractivity (Wildman–Crippen MR) is 43.1 cm³/mol. The third-order valence-corrected chi connectivity index (χ3v) is 1.12. The fourth-order valence-corrected chi connectivity index (χ4v) is 0.629. The zero-order valence-corrected chi connectivity index (χ0v) is 6.46. The van der Waals surface area contributed by atoms with Crippen LogP contribution in [0.25, 0.3) is 0 Å². The summed E-state index contributed by atoms with van der Waals surface area (Å²) < 4.78 is 0. The van der Waals surface area contributed by atoms with E-state index in [1.165, 1.54) is 0 Å². The summed E-state index contributed by atoms with van der Waals surface area (Å²) in [4.78, 5) is 4.12. The number of allylic oxidation sites excluding steroid dienone is 1. The van der Waals surface area contributed by atoms with Crippen LogP contribution in [-0.4, -0.2) is 12.3 Å². The van der Waals surface area contributed by atoms with Crippen LogP contribution in [0.4, 0.5) is 0 Å². The van der Waals surface area contributed by atoms with Crippen molar-refractivity contribution in [2.45, 2.75) is 33.2 Å². The first-order valence-corrected chi connectivity index (χ1v) is 3.63. The first-order chi connectivity index (χ1) is 4.43. The van der Waals surface area contributed by atoms with E-state index < -0.39 is 0 Å². The van der Waals surface area contributed by atoms with E-state index in [0.29, 0.717) is 6.04 Å². The van der Waals surface area contributed by atoms with Gasteiger partial charge in [0.1, 0.15) is 0 Å². The van der Waals surface area contributed by atoms with Crippen LogP contribution in [0.2, 0.25) is 0 Å². The van der Waals surface area contributed by atoms with Gasteiger partial charge in [-0.2, -0.15) is 0 Å². The molecule has 1 nitrogen and oxygen atoms in total. The quantitative estimate of drug-likeness (QED) is 0.510. The van der Waals surface area contributed by atoms with E-state index in [1.807, 2.05) is 26.1 Å². The Hall–Kier alpha value is -0.590. The van der Waals surface area contributed by atoms with Gasteiger partial charge >= 0.3 is 0 Å². The third kappa shape index (κ3) is 3.07. The van der Waals surface area contributed by atoms with Gasteiger partial charge in [-0.05, 0) is 12.5 Å². The van der Waals surface area contributed by atoms with Crippen molar-refractivity contribution in [3.63, 3.8) is 0 Å². The SMILES string of the molecule is CC.CCC1C=CC=N1. The van der Waals surface area contributed by atoms with E-state index in [1.54, 1.807) is 0 Å². The lowest BCUT2D eigenvalue weighted by atomic mass is 10.2. The van der Waals surface area contributed by atoms with Gasteiger partial charge in [0.25, 0.3) is 0 Å². The molecular formula is C8H15N. The zero-order chi connectivity index (χ0) is 7.11. The molecule has 0 bridgehead atoms. The molecule has 1 aliphatic rings. The monoisotopic (exact) mass is 125 g/mol. The average molecular weight is 125 g/mol. The molecular weight excluding hydrogens is 110 g/mol. The second-order valence-corrected chi connectivity index (χ2v) is 1.66. The summed E-state index contributed by atoms with van der Waals surface area (Å²) in [5.74, 6) is 0. The van der Waals surface area contributed by atoms with E-state index in [0.717, 1.165) is 6.42 Å². The molecule has 1 aliphatic heterocycles. The van der Waals surface area contributed by atoms with Gasteiger partial charge in [-0.25, -0.2) is 0 Å². The van der Waals surface area contributed by atoms with Gasteiger partial charge in [0.2, 0.25) is 0 Å². The van der Waals surface area contributed by atoms with Crippen LogP contribution in [0.5, 0.6) is 0 Å². The van der Waals surface area contributed by atoms with Gasteiger partial charge in [-0.1, -0.05) is 26.8 Å². The lowest BCUT2D eigenvalue weighted by molar-refractivity contribution is 0.799. The van der Waals surface area contributed by atoms with Crippen molar-refractivity contribution in [3.8, 4) is 0 Å². The van der Waals surface area contributed by atoms with Gasteiger partial charge in [0.05, 0.1) is 6.04 Å². The molecule has 0 fully saturated rings. The van der Waals surface area contributed by atoms with Crippen molar-refractivity contribution in [2.75, 3.05) is 0 Å². The van der Waals surface area contributed by atoms with Crippen LogP contribution < -0.4 is 0 Å². The molecule has 0 radical (unpaired) electrons. The summed E-state index contributed by atoms with van der Waals surface area (Å²) in [5.41, 5.74) is 0. The van der Waals surface area contributed by atoms with Crippen LogP contribution in [0.15, 0.2) is 17.1 Å². The molecule has 1 atom stereocenters. The number of rotatable bonds is 1. The Morgan fingerprint density at radius 3 is 2.33 bits per heavy atom. The van der Waals surface area contributed by atoms with Crippen LogP contribution in [0, 0.1) is 0 Å². The zero-order valence-electron chi connectivity index (χ0n) is 6.46. The topological polar surface area (TPSA) is 12.4 Å². The largest absolute Gasteiger partial charge is 0.286 e. The highest BCUT2D eigenvalue weighted by Gasteiger charge is 1.97. The van der Waals surface area contributed by atoms with Crippen LogP contribution >= 0.6 is 0 Å². The van der Waals surface area contributed by atoms with E-state index in [2.05, 4.69) is 18.0 Å².